The van der Waals surface area contributed by atoms with Gasteiger partial charge in [-0.15, -0.1) is 0 Å². The van der Waals surface area contributed by atoms with E-state index in [9.17, 15) is 26.3 Å². The Morgan fingerprint density at radius 2 is 1.70 bits per heavy atom. The van der Waals surface area contributed by atoms with Crippen molar-refractivity contribution in [2.24, 2.45) is 0 Å². The summed E-state index contributed by atoms with van der Waals surface area (Å²) in [4.78, 5) is 0. The Balaban J connectivity index is 2.46. The molecule has 1 aromatic carbocycles. The second-order valence-electron chi connectivity index (χ2n) is 3.77. The fraction of sp³-hybridized carbons (Fsp3) is 0.455. The summed E-state index contributed by atoms with van der Waals surface area (Å²) >= 11 is 5.66. The second kappa shape index (κ2) is 6.53. The van der Waals surface area contributed by atoms with E-state index in [-0.39, 0.29) is 6.54 Å². The third kappa shape index (κ3) is 5.46. The number of benzene rings is 1. The van der Waals surface area contributed by atoms with Gasteiger partial charge in [-0.05, 0) is 18.2 Å². The predicted molar refractivity (Wildman–Crippen MR) is 61.8 cm³/mol. The molecule has 2 nitrogen and oxygen atoms in total. The molecule has 0 saturated carbocycles. The van der Waals surface area contributed by atoms with Crippen LogP contribution in [0.1, 0.15) is 0 Å². The number of alkyl halides is 6. The third-order valence-electron chi connectivity index (χ3n) is 2.13. The minimum atomic E-state index is -5.49. The molecule has 0 aliphatic heterocycles. The van der Waals surface area contributed by atoms with Crippen LogP contribution < -0.4 is 5.32 Å². The number of nitrogens with one attached hydrogen (secondary N) is 1. The van der Waals surface area contributed by atoms with Crippen LogP contribution in [0.2, 0.25) is 5.02 Å². The van der Waals surface area contributed by atoms with Crippen molar-refractivity contribution in [3.05, 3.63) is 29.3 Å². The Morgan fingerprint density at radius 3 is 2.20 bits per heavy atom. The van der Waals surface area contributed by atoms with Gasteiger partial charge in [-0.25, -0.2) is 0 Å². The van der Waals surface area contributed by atoms with Crippen LogP contribution in [0.25, 0.3) is 0 Å². The van der Waals surface area contributed by atoms with Crippen molar-refractivity contribution >= 4 is 17.3 Å². The quantitative estimate of drug-likeness (QED) is 0.646. The van der Waals surface area contributed by atoms with Gasteiger partial charge < -0.3 is 10.1 Å². The summed E-state index contributed by atoms with van der Waals surface area (Å²) in [5, 5.41) is 2.99. The molecular weight excluding hydrogens is 312 g/mol. The third-order valence-corrected chi connectivity index (χ3v) is 2.37. The zero-order valence-electron chi connectivity index (χ0n) is 9.85. The van der Waals surface area contributed by atoms with E-state index in [0.29, 0.717) is 10.7 Å². The minimum absolute atomic E-state index is 0.219. The molecule has 0 aliphatic rings. The van der Waals surface area contributed by atoms with Gasteiger partial charge in [-0.1, -0.05) is 17.7 Å². The van der Waals surface area contributed by atoms with E-state index >= 15 is 0 Å². The first kappa shape index (κ1) is 16.9. The highest BCUT2D eigenvalue weighted by Crippen LogP contribution is 2.35. The maximum absolute atomic E-state index is 12.1. The van der Waals surface area contributed by atoms with E-state index in [1.807, 2.05) is 0 Å². The molecule has 0 radical (unpaired) electrons. The standard InChI is InChI=1S/C11H10ClF6NO/c12-7-2-1-3-8(6-7)19-4-5-20-9(10(13,14)15)11(16,17)18/h1-3,6,9,19H,4-5H2. The Bertz CT molecular complexity index is 420. The molecule has 0 atom stereocenters. The lowest BCUT2D eigenvalue weighted by Crippen LogP contribution is -2.45. The minimum Gasteiger partial charge on any atom is -0.383 e. The van der Waals surface area contributed by atoms with E-state index in [2.05, 4.69) is 10.1 Å². The summed E-state index contributed by atoms with van der Waals surface area (Å²) in [6.07, 6.45) is -14.8. The molecule has 20 heavy (non-hydrogen) atoms. The van der Waals surface area contributed by atoms with Gasteiger partial charge in [0, 0.05) is 17.3 Å². The lowest BCUT2D eigenvalue weighted by Gasteiger charge is -2.23. The molecule has 0 spiro atoms. The average Bonchev–Trinajstić information content (AvgIpc) is 2.25. The van der Waals surface area contributed by atoms with E-state index in [0.717, 1.165) is 0 Å². The molecule has 9 heteroatoms. The van der Waals surface area contributed by atoms with E-state index < -0.39 is 25.1 Å². The number of hydrogen-bond acceptors (Lipinski definition) is 2. The monoisotopic (exact) mass is 321 g/mol. The molecular formula is C11H10ClF6NO. The number of ether oxygens (including phenoxy) is 1. The molecule has 0 bridgehead atoms. The normalized spacial score (nSPS) is 12.8. The Kier molecular flexibility index (Phi) is 5.52. The predicted octanol–water partition coefficient (Wildman–Crippen LogP) is 4.26. The van der Waals surface area contributed by atoms with Crippen molar-refractivity contribution in [3.8, 4) is 0 Å². The van der Waals surface area contributed by atoms with Crippen molar-refractivity contribution in [1.82, 2.24) is 0 Å². The lowest BCUT2D eigenvalue weighted by molar-refractivity contribution is -0.321. The van der Waals surface area contributed by atoms with Gasteiger partial charge in [0.15, 0.2) is 0 Å². The summed E-state index contributed by atoms with van der Waals surface area (Å²) < 4.78 is 76.7. The highest BCUT2D eigenvalue weighted by atomic mass is 35.5. The summed E-state index contributed by atoms with van der Waals surface area (Å²) in [5.74, 6) is 0. The van der Waals surface area contributed by atoms with Crippen LogP contribution in [0.5, 0.6) is 0 Å². The first-order valence-electron chi connectivity index (χ1n) is 5.35. The van der Waals surface area contributed by atoms with Crippen molar-refractivity contribution < 1.29 is 31.1 Å². The van der Waals surface area contributed by atoms with Gasteiger partial charge >= 0.3 is 12.4 Å². The first-order chi connectivity index (χ1) is 9.10. The van der Waals surface area contributed by atoms with E-state index in [1.165, 1.54) is 6.07 Å². The largest absolute Gasteiger partial charge is 0.423 e. The van der Waals surface area contributed by atoms with Crippen LogP contribution in [0.4, 0.5) is 32.0 Å². The summed E-state index contributed by atoms with van der Waals surface area (Å²) in [7, 11) is 0. The van der Waals surface area contributed by atoms with Crippen LogP contribution in [0, 0.1) is 0 Å². The Morgan fingerprint density at radius 1 is 1.10 bits per heavy atom. The number of halogens is 7. The average molecular weight is 322 g/mol. The van der Waals surface area contributed by atoms with E-state index in [4.69, 9.17) is 11.6 Å². The molecule has 114 valence electrons. The number of rotatable bonds is 5. The highest BCUT2D eigenvalue weighted by molar-refractivity contribution is 6.30. The van der Waals surface area contributed by atoms with Crippen LogP contribution in [0.3, 0.4) is 0 Å². The van der Waals surface area contributed by atoms with Gasteiger partial charge in [0.2, 0.25) is 6.10 Å². The molecule has 1 N–H and O–H groups in total. The summed E-state index contributed by atoms with van der Waals surface area (Å²) in [6.45, 7) is -0.973. The van der Waals surface area contributed by atoms with Gasteiger partial charge in [0.05, 0.1) is 6.61 Å². The zero-order valence-corrected chi connectivity index (χ0v) is 10.6. The highest BCUT2D eigenvalue weighted by Gasteiger charge is 2.57. The van der Waals surface area contributed by atoms with Crippen LogP contribution in [-0.4, -0.2) is 31.6 Å². The zero-order chi connectivity index (χ0) is 15.4. The van der Waals surface area contributed by atoms with Gasteiger partial charge in [-0.3, -0.25) is 0 Å². The molecule has 0 fully saturated rings. The van der Waals surface area contributed by atoms with Crippen LogP contribution in [-0.2, 0) is 4.74 Å². The van der Waals surface area contributed by atoms with Gasteiger partial charge in [-0.2, -0.15) is 26.3 Å². The van der Waals surface area contributed by atoms with Crippen molar-refractivity contribution in [2.45, 2.75) is 18.5 Å². The smallest absolute Gasteiger partial charge is 0.383 e. The molecule has 1 rings (SSSR count). The summed E-state index contributed by atoms with van der Waals surface area (Å²) in [5.41, 5.74) is 0.469. The molecule has 0 heterocycles. The Hall–Kier alpha value is -1.15. The first-order valence-corrected chi connectivity index (χ1v) is 5.73. The summed E-state index contributed by atoms with van der Waals surface area (Å²) in [6, 6.07) is 6.20. The second-order valence-corrected chi connectivity index (χ2v) is 4.21. The van der Waals surface area contributed by atoms with Crippen LogP contribution in [0.15, 0.2) is 24.3 Å². The van der Waals surface area contributed by atoms with Crippen molar-refractivity contribution in [1.29, 1.82) is 0 Å². The Labute approximate surface area is 115 Å². The number of hydrogen-bond donors (Lipinski definition) is 1. The molecule has 0 unspecified atom stereocenters. The molecule has 0 saturated heterocycles. The maximum atomic E-state index is 12.1. The fourth-order valence-corrected chi connectivity index (χ4v) is 1.54. The van der Waals surface area contributed by atoms with Crippen LogP contribution >= 0.6 is 11.6 Å². The number of anilines is 1. The van der Waals surface area contributed by atoms with Crippen molar-refractivity contribution in [3.63, 3.8) is 0 Å². The van der Waals surface area contributed by atoms with Gasteiger partial charge in [0.1, 0.15) is 0 Å². The van der Waals surface area contributed by atoms with Crippen molar-refractivity contribution in [2.75, 3.05) is 18.5 Å². The fourth-order valence-electron chi connectivity index (χ4n) is 1.35. The van der Waals surface area contributed by atoms with Gasteiger partial charge in [0.25, 0.3) is 0 Å². The molecule has 0 aromatic heterocycles. The maximum Gasteiger partial charge on any atom is 0.423 e. The lowest BCUT2D eigenvalue weighted by atomic mass is 10.3. The molecule has 0 aliphatic carbocycles. The SMILES string of the molecule is FC(F)(F)C(OCCNc1cccc(Cl)c1)C(F)(F)F. The topological polar surface area (TPSA) is 21.3 Å². The molecule has 0 amide bonds. The molecule has 1 aromatic rings. The van der Waals surface area contributed by atoms with E-state index in [1.54, 1.807) is 18.2 Å².